The molecule has 5 heteroatoms. The van der Waals surface area contributed by atoms with Crippen LogP contribution in [-0.4, -0.2) is 42.4 Å². The largest absolute Gasteiger partial charge is 0.347 e. The van der Waals surface area contributed by atoms with Crippen LogP contribution in [0, 0.1) is 5.92 Å². The lowest BCUT2D eigenvalue weighted by atomic mass is 9.83. The van der Waals surface area contributed by atoms with Crippen LogP contribution in [0.1, 0.15) is 51.4 Å². The summed E-state index contributed by atoms with van der Waals surface area (Å²) in [5.74, 6) is 0.631. The number of nitrogens with zero attached hydrogens (tertiary/aromatic N) is 1. The second-order valence-corrected chi connectivity index (χ2v) is 6.20. The molecule has 3 N–H and O–H groups in total. The molecular weight excluding hydrogens is 254 g/mol. The van der Waals surface area contributed by atoms with E-state index in [0.29, 0.717) is 18.4 Å². The van der Waals surface area contributed by atoms with E-state index in [9.17, 15) is 9.59 Å². The van der Waals surface area contributed by atoms with E-state index >= 15 is 0 Å². The van der Waals surface area contributed by atoms with E-state index in [4.69, 9.17) is 5.73 Å². The van der Waals surface area contributed by atoms with Gasteiger partial charge in [-0.25, -0.2) is 0 Å². The zero-order chi connectivity index (χ0) is 14.4. The van der Waals surface area contributed by atoms with Crippen molar-refractivity contribution in [3.8, 4) is 0 Å². The number of carbonyl (C=O) groups is 2. The van der Waals surface area contributed by atoms with Gasteiger partial charge in [0.1, 0.15) is 0 Å². The van der Waals surface area contributed by atoms with Gasteiger partial charge in [-0.2, -0.15) is 0 Å². The minimum atomic E-state index is -0.00306. The van der Waals surface area contributed by atoms with Crippen LogP contribution in [0.3, 0.4) is 0 Å². The smallest absolute Gasteiger partial charge is 0.241 e. The highest BCUT2D eigenvalue weighted by Crippen LogP contribution is 2.26. The monoisotopic (exact) mass is 281 g/mol. The topological polar surface area (TPSA) is 75.4 Å². The normalized spacial score (nSPS) is 26.6. The first kappa shape index (κ1) is 15.3. The summed E-state index contributed by atoms with van der Waals surface area (Å²) in [5, 5.41) is 2.75. The zero-order valence-electron chi connectivity index (χ0n) is 12.3. The number of rotatable bonds is 5. The van der Waals surface area contributed by atoms with E-state index in [1.807, 2.05) is 4.90 Å². The van der Waals surface area contributed by atoms with Gasteiger partial charge < -0.3 is 16.0 Å². The predicted molar refractivity (Wildman–Crippen MR) is 78.0 cm³/mol. The van der Waals surface area contributed by atoms with Crippen LogP contribution in [0.2, 0.25) is 0 Å². The van der Waals surface area contributed by atoms with Crippen molar-refractivity contribution < 1.29 is 9.59 Å². The van der Waals surface area contributed by atoms with Gasteiger partial charge in [-0.05, 0) is 38.0 Å². The molecule has 2 rings (SSSR count). The Kier molecular flexibility index (Phi) is 5.83. The highest BCUT2D eigenvalue weighted by atomic mass is 16.2. The molecule has 2 fully saturated rings. The van der Waals surface area contributed by atoms with Crippen LogP contribution in [0.25, 0.3) is 0 Å². The molecule has 2 aliphatic rings. The molecule has 114 valence electrons. The predicted octanol–water partition coefficient (Wildman–Crippen LogP) is 1.02. The van der Waals surface area contributed by atoms with Crippen LogP contribution in [0.5, 0.6) is 0 Å². The first-order chi connectivity index (χ1) is 9.65. The fourth-order valence-corrected chi connectivity index (χ4v) is 3.27. The minimum absolute atomic E-state index is 0.00306. The summed E-state index contributed by atoms with van der Waals surface area (Å²) >= 11 is 0. The van der Waals surface area contributed by atoms with Gasteiger partial charge in [-0.15, -0.1) is 0 Å². The minimum Gasteiger partial charge on any atom is -0.347 e. The lowest BCUT2D eigenvalue weighted by molar-refractivity contribution is -0.132. The Balaban J connectivity index is 1.59. The molecule has 0 bridgehead atoms. The molecule has 0 aromatic rings. The SMILES string of the molecule is NC1CCCC(CCC(=O)NCC(=O)N2CCCC2)C1. The Bertz CT molecular complexity index is 340. The van der Waals surface area contributed by atoms with Crippen LogP contribution >= 0.6 is 0 Å². The van der Waals surface area contributed by atoms with Crippen molar-refractivity contribution in [1.82, 2.24) is 10.2 Å². The van der Waals surface area contributed by atoms with Gasteiger partial charge in [0.2, 0.25) is 11.8 Å². The molecule has 1 aliphatic carbocycles. The summed E-state index contributed by atoms with van der Waals surface area (Å²) in [5.41, 5.74) is 5.95. The summed E-state index contributed by atoms with van der Waals surface area (Å²) in [6.07, 6.45) is 8.12. The van der Waals surface area contributed by atoms with Crippen molar-refractivity contribution >= 4 is 11.8 Å². The molecule has 1 aliphatic heterocycles. The summed E-state index contributed by atoms with van der Waals surface area (Å²) in [6, 6.07) is 0.313. The first-order valence-corrected chi connectivity index (χ1v) is 7.95. The Labute approximate surface area is 121 Å². The van der Waals surface area contributed by atoms with Crippen molar-refractivity contribution in [3.05, 3.63) is 0 Å². The number of hydrogen-bond donors (Lipinski definition) is 2. The molecule has 0 radical (unpaired) electrons. The van der Waals surface area contributed by atoms with E-state index in [2.05, 4.69) is 5.32 Å². The number of likely N-dealkylation sites (tertiary alicyclic amines) is 1. The zero-order valence-corrected chi connectivity index (χ0v) is 12.3. The van der Waals surface area contributed by atoms with Crippen molar-refractivity contribution in [2.45, 2.75) is 57.4 Å². The van der Waals surface area contributed by atoms with E-state index in [1.165, 1.54) is 12.8 Å². The van der Waals surface area contributed by atoms with E-state index in [1.54, 1.807) is 0 Å². The molecule has 0 spiro atoms. The Morgan fingerprint density at radius 1 is 1.15 bits per heavy atom. The van der Waals surface area contributed by atoms with Crippen molar-refractivity contribution in [2.75, 3.05) is 19.6 Å². The summed E-state index contributed by atoms with van der Waals surface area (Å²) in [4.78, 5) is 25.4. The second-order valence-electron chi connectivity index (χ2n) is 6.20. The third-order valence-electron chi connectivity index (χ3n) is 4.50. The van der Waals surface area contributed by atoms with Crippen LogP contribution in [0.4, 0.5) is 0 Å². The van der Waals surface area contributed by atoms with Crippen LogP contribution in [-0.2, 0) is 9.59 Å². The summed E-state index contributed by atoms with van der Waals surface area (Å²) < 4.78 is 0. The first-order valence-electron chi connectivity index (χ1n) is 7.95. The molecule has 20 heavy (non-hydrogen) atoms. The average molecular weight is 281 g/mol. The number of nitrogens with two attached hydrogens (primary N) is 1. The van der Waals surface area contributed by atoms with E-state index in [-0.39, 0.29) is 18.4 Å². The lowest BCUT2D eigenvalue weighted by Gasteiger charge is -2.26. The van der Waals surface area contributed by atoms with Gasteiger partial charge in [0, 0.05) is 25.6 Å². The maximum absolute atomic E-state index is 11.8. The molecule has 0 aromatic carbocycles. The van der Waals surface area contributed by atoms with E-state index in [0.717, 1.165) is 45.2 Å². The molecule has 2 atom stereocenters. The van der Waals surface area contributed by atoms with Crippen molar-refractivity contribution in [3.63, 3.8) is 0 Å². The molecular formula is C15H27N3O2. The molecule has 1 saturated heterocycles. The number of nitrogens with one attached hydrogen (secondary N) is 1. The quantitative estimate of drug-likeness (QED) is 0.790. The van der Waals surface area contributed by atoms with Gasteiger partial charge in [0.05, 0.1) is 6.54 Å². The van der Waals surface area contributed by atoms with Crippen LogP contribution < -0.4 is 11.1 Å². The average Bonchev–Trinajstić information content (AvgIpc) is 2.97. The number of hydrogen-bond acceptors (Lipinski definition) is 3. The second kappa shape index (κ2) is 7.62. The third-order valence-corrected chi connectivity index (χ3v) is 4.50. The van der Waals surface area contributed by atoms with Gasteiger partial charge in [0.15, 0.2) is 0 Å². The molecule has 0 aromatic heterocycles. The summed E-state index contributed by atoms with van der Waals surface area (Å²) in [7, 11) is 0. The van der Waals surface area contributed by atoms with Crippen LogP contribution in [0.15, 0.2) is 0 Å². The summed E-state index contributed by atoms with van der Waals surface area (Å²) in [6.45, 7) is 1.84. The number of amides is 2. The maximum Gasteiger partial charge on any atom is 0.241 e. The third kappa shape index (κ3) is 4.78. The highest BCUT2D eigenvalue weighted by molar-refractivity contribution is 5.84. The van der Waals surface area contributed by atoms with Crippen molar-refractivity contribution in [1.29, 1.82) is 0 Å². The standard InChI is InChI=1S/C15H27N3O2/c16-13-5-3-4-12(10-13)6-7-14(19)17-11-15(20)18-8-1-2-9-18/h12-13H,1-11,16H2,(H,17,19). The molecule has 1 saturated carbocycles. The molecule has 1 heterocycles. The number of carbonyl (C=O) groups excluding carboxylic acids is 2. The maximum atomic E-state index is 11.8. The Morgan fingerprint density at radius 3 is 2.60 bits per heavy atom. The highest BCUT2D eigenvalue weighted by Gasteiger charge is 2.21. The fourth-order valence-electron chi connectivity index (χ4n) is 3.27. The Hall–Kier alpha value is -1.10. The molecule has 2 amide bonds. The molecule has 2 unspecified atom stereocenters. The van der Waals surface area contributed by atoms with Gasteiger partial charge >= 0.3 is 0 Å². The van der Waals surface area contributed by atoms with Gasteiger partial charge in [0.25, 0.3) is 0 Å². The van der Waals surface area contributed by atoms with Gasteiger partial charge in [-0.1, -0.05) is 12.8 Å². The molecule has 5 nitrogen and oxygen atoms in total. The van der Waals surface area contributed by atoms with Gasteiger partial charge in [-0.3, -0.25) is 9.59 Å². The fraction of sp³-hybridized carbons (Fsp3) is 0.867. The lowest BCUT2D eigenvalue weighted by Crippen LogP contribution is -2.38. The van der Waals surface area contributed by atoms with Crippen molar-refractivity contribution in [2.24, 2.45) is 11.7 Å². The van der Waals surface area contributed by atoms with E-state index < -0.39 is 0 Å². The Morgan fingerprint density at radius 2 is 1.90 bits per heavy atom.